The summed E-state index contributed by atoms with van der Waals surface area (Å²) in [6, 6.07) is 102. The van der Waals surface area contributed by atoms with Crippen LogP contribution in [0.1, 0.15) is 0 Å². The predicted octanol–water partition coefficient (Wildman–Crippen LogP) is 14.0. The van der Waals surface area contributed by atoms with E-state index in [1.165, 1.54) is 97.5 Å². The molecule has 0 unspecified atom stereocenters. The molecule has 0 saturated heterocycles. The molecule has 0 aliphatic heterocycles. The van der Waals surface area contributed by atoms with Crippen molar-refractivity contribution < 1.29 is 0 Å². The largest absolute Gasteiger partial charge is 0.309 e. The van der Waals surface area contributed by atoms with Crippen molar-refractivity contribution in [3.8, 4) is 28.2 Å². The molecule has 328 valence electrons. The number of fused-ring (bicyclic) bond motifs is 9. The van der Waals surface area contributed by atoms with Gasteiger partial charge in [-0.25, -0.2) is 0 Å². The van der Waals surface area contributed by atoms with E-state index in [-0.39, 0.29) is 0 Å². The third-order valence-corrected chi connectivity index (χ3v) is 19.6. The van der Waals surface area contributed by atoms with E-state index < -0.39 is 8.07 Å². The Balaban J connectivity index is 1.18. The number of nitrogens with zero attached hydrogens (tertiary/aromatic N) is 3. The summed E-state index contributed by atoms with van der Waals surface area (Å²) in [5.41, 5.74) is 12.9. The van der Waals surface area contributed by atoms with Crippen molar-refractivity contribution in [2.24, 2.45) is 0 Å². The van der Waals surface area contributed by atoms with Gasteiger partial charge in [-0.2, -0.15) is 0 Å². The zero-order chi connectivity index (χ0) is 46.2. The highest BCUT2D eigenvalue weighted by Gasteiger charge is 2.44. The number of para-hydroxylation sites is 5. The average Bonchev–Trinajstić information content (AvgIpc) is 4.08. The maximum absolute atomic E-state index is 3.19. The maximum atomic E-state index is 2.61. The molecule has 0 aliphatic carbocycles. The normalized spacial score (nSPS) is 12.0. The molecule has 70 heavy (non-hydrogen) atoms. The fourth-order valence-corrected chi connectivity index (χ4v) is 16.8. The molecule has 3 nitrogen and oxygen atoms in total. The molecule has 0 amide bonds. The Morgan fingerprint density at radius 3 is 1.19 bits per heavy atom. The zero-order valence-electron chi connectivity index (χ0n) is 38.3. The molecule has 0 atom stereocenters. The summed E-state index contributed by atoms with van der Waals surface area (Å²) >= 11 is 0. The molecule has 0 aliphatic rings. The topological polar surface area (TPSA) is 14.8 Å². The van der Waals surface area contributed by atoms with Gasteiger partial charge in [0.2, 0.25) is 0 Å². The van der Waals surface area contributed by atoms with Gasteiger partial charge >= 0.3 is 0 Å². The van der Waals surface area contributed by atoms with Gasteiger partial charge in [-0.1, -0.05) is 218 Å². The fourth-order valence-electron chi connectivity index (χ4n) is 11.9. The lowest BCUT2D eigenvalue weighted by atomic mass is 10.1. The van der Waals surface area contributed by atoms with Crippen LogP contribution in [0.5, 0.6) is 0 Å². The van der Waals surface area contributed by atoms with Gasteiger partial charge in [0.1, 0.15) is 0 Å². The van der Waals surface area contributed by atoms with Gasteiger partial charge in [-0.15, -0.1) is 0 Å². The third kappa shape index (κ3) is 5.94. The van der Waals surface area contributed by atoms with Gasteiger partial charge in [-0.05, 0) is 86.5 Å². The highest BCUT2D eigenvalue weighted by molar-refractivity contribution is 7.20. The first kappa shape index (κ1) is 40.1. The summed E-state index contributed by atoms with van der Waals surface area (Å²) in [4.78, 5) is 0. The first-order valence-corrected chi connectivity index (χ1v) is 26.2. The molecule has 0 saturated carbocycles. The molecule has 0 fully saturated rings. The molecule has 3 aromatic heterocycles. The Morgan fingerprint density at radius 1 is 0.243 bits per heavy atom. The van der Waals surface area contributed by atoms with Crippen molar-refractivity contribution in [2.45, 2.75) is 0 Å². The van der Waals surface area contributed by atoms with Crippen LogP contribution in [0.2, 0.25) is 0 Å². The average molecular weight is 908 g/mol. The smallest absolute Gasteiger partial charge is 0.181 e. The van der Waals surface area contributed by atoms with E-state index in [9.17, 15) is 0 Å². The van der Waals surface area contributed by atoms with Gasteiger partial charge in [0.05, 0.1) is 38.8 Å². The zero-order valence-corrected chi connectivity index (χ0v) is 39.3. The van der Waals surface area contributed by atoms with Crippen molar-refractivity contribution in [1.82, 2.24) is 13.7 Å². The van der Waals surface area contributed by atoms with Crippen molar-refractivity contribution in [3.05, 3.63) is 273 Å². The summed E-state index contributed by atoms with van der Waals surface area (Å²) in [5, 5.41) is 12.7. The lowest BCUT2D eigenvalue weighted by Gasteiger charge is -2.36. The molecule has 0 radical (unpaired) electrons. The minimum atomic E-state index is -3.19. The van der Waals surface area contributed by atoms with E-state index in [1.807, 2.05) is 0 Å². The lowest BCUT2D eigenvalue weighted by molar-refractivity contribution is 1.13. The van der Waals surface area contributed by atoms with Crippen molar-refractivity contribution in [3.63, 3.8) is 0 Å². The molecule has 0 N–H and O–H groups in total. The van der Waals surface area contributed by atoms with E-state index in [0.29, 0.717) is 0 Å². The molecular weight excluding hydrogens is 863 g/mol. The predicted molar refractivity (Wildman–Crippen MR) is 299 cm³/mol. The van der Waals surface area contributed by atoms with Crippen molar-refractivity contribution in [1.29, 1.82) is 0 Å². The third-order valence-electron chi connectivity index (χ3n) is 14.8. The van der Waals surface area contributed by atoms with Gasteiger partial charge < -0.3 is 13.7 Å². The summed E-state index contributed by atoms with van der Waals surface area (Å²) < 4.78 is 7.64. The molecule has 14 rings (SSSR count). The molecule has 11 aromatic carbocycles. The second-order valence-electron chi connectivity index (χ2n) is 18.4. The summed E-state index contributed by atoms with van der Waals surface area (Å²) in [7, 11) is -3.19. The highest BCUT2D eigenvalue weighted by atomic mass is 28.3. The summed E-state index contributed by atoms with van der Waals surface area (Å²) in [6.45, 7) is 0. The first-order chi connectivity index (χ1) is 34.8. The molecule has 0 spiro atoms. The summed E-state index contributed by atoms with van der Waals surface area (Å²) in [6.07, 6.45) is 0. The quantitative estimate of drug-likeness (QED) is 0.107. The second kappa shape index (κ2) is 16.1. The monoisotopic (exact) mass is 907 g/mol. The molecule has 0 bridgehead atoms. The van der Waals surface area contributed by atoms with Crippen LogP contribution >= 0.6 is 0 Å². The van der Waals surface area contributed by atoms with Crippen LogP contribution in [0, 0.1) is 0 Å². The van der Waals surface area contributed by atoms with Crippen molar-refractivity contribution in [2.75, 3.05) is 0 Å². The first-order valence-electron chi connectivity index (χ1n) is 24.2. The van der Waals surface area contributed by atoms with E-state index >= 15 is 0 Å². The number of hydrogen-bond acceptors (Lipinski definition) is 0. The van der Waals surface area contributed by atoms with Crippen LogP contribution in [-0.4, -0.2) is 21.8 Å². The van der Waals surface area contributed by atoms with Crippen LogP contribution < -0.4 is 20.7 Å². The standard InChI is InChI=1S/C66H45N3Si/c1-5-23-46(24-6-1)47-25-21-26-48(43-47)67-58-38-17-15-35-54(58)56-37-22-42-62(66(56)67)69-61-41-20-16-36-55(61)57-44-64(68-59-39-18-13-33-52(59)53-34-14-19-40-60(53)68)65(45-63(57)69)70(49-27-7-2-8-28-49,50-29-9-3-10-30-50)51-31-11-4-12-32-51/h1-45H. The van der Waals surface area contributed by atoms with E-state index in [2.05, 4.69) is 287 Å². The van der Waals surface area contributed by atoms with Gasteiger partial charge in [-0.3, -0.25) is 0 Å². The van der Waals surface area contributed by atoms with Crippen LogP contribution in [-0.2, 0) is 0 Å². The Morgan fingerprint density at radius 2 is 0.643 bits per heavy atom. The van der Waals surface area contributed by atoms with E-state index in [1.54, 1.807) is 0 Å². The van der Waals surface area contributed by atoms with Gasteiger partial charge in [0.15, 0.2) is 8.07 Å². The SMILES string of the molecule is c1ccc(-c2cccc(-n3c4ccccc4c4cccc(-n5c6ccccc6c6cc(-n7c8ccccc8c8ccccc87)c([Si](c7ccccc7)(c7ccccc7)c7ccccc7)cc65)c43)c2)cc1. The number of hydrogen-bond donors (Lipinski definition) is 0. The van der Waals surface area contributed by atoms with Crippen LogP contribution in [0.4, 0.5) is 0 Å². The fraction of sp³-hybridized carbons (Fsp3) is 0. The van der Waals surface area contributed by atoms with Crippen LogP contribution in [0.3, 0.4) is 0 Å². The maximum Gasteiger partial charge on any atom is 0.181 e. The number of benzene rings is 11. The number of rotatable bonds is 8. The Bertz CT molecular complexity index is 4130. The molecule has 3 heterocycles. The van der Waals surface area contributed by atoms with Crippen molar-refractivity contribution >= 4 is 94.2 Å². The highest BCUT2D eigenvalue weighted by Crippen LogP contribution is 2.42. The Hall–Kier alpha value is -8.96. The summed E-state index contributed by atoms with van der Waals surface area (Å²) in [5.74, 6) is 0. The molecule has 4 heteroatoms. The van der Waals surface area contributed by atoms with Gasteiger partial charge in [0, 0.05) is 43.7 Å². The minimum Gasteiger partial charge on any atom is -0.309 e. The van der Waals surface area contributed by atoms with Crippen LogP contribution in [0.15, 0.2) is 273 Å². The molecular formula is C66H45N3Si. The minimum absolute atomic E-state index is 1.12. The number of aromatic nitrogens is 3. The lowest BCUT2D eigenvalue weighted by Crippen LogP contribution is -2.75. The second-order valence-corrected chi connectivity index (χ2v) is 22.2. The van der Waals surface area contributed by atoms with E-state index in [0.717, 1.165) is 16.9 Å². The Kier molecular flexibility index (Phi) is 9.23. The van der Waals surface area contributed by atoms with Crippen LogP contribution in [0.25, 0.3) is 93.6 Å². The van der Waals surface area contributed by atoms with Gasteiger partial charge in [0.25, 0.3) is 0 Å². The molecule has 14 aromatic rings. The Labute approximate surface area is 407 Å². The van der Waals surface area contributed by atoms with E-state index in [4.69, 9.17) is 0 Å².